The summed E-state index contributed by atoms with van der Waals surface area (Å²) in [5.41, 5.74) is 5.90. The normalized spacial score (nSPS) is 23.5. The molecule has 0 amide bonds. The molecule has 132 valence electrons. The molecule has 5 rings (SSSR count). The smallest absolute Gasteiger partial charge is 0.0390 e. The van der Waals surface area contributed by atoms with Gasteiger partial charge in [0.1, 0.15) is 0 Å². The molecule has 1 nitrogen and oxygen atoms in total. The van der Waals surface area contributed by atoms with Gasteiger partial charge in [-0.3, -0.25) is 0 Å². The Bertz CT molecular complexity index is 969. The molecule has 3 aromatic carbocycles. The van der Waals surface area contributed by atoms with E-state index in [1.54, 1.807) is 11.1 Å². The van der Waals surface area contributed by atoms with Crippen LogP contribution in [-0.4, -0.2) is 0 Å². The predicted molar refractivity (Wildman–Crippen MR) is 111 cm³/mol. The first-order chi connectivity index (χ1) is 12.6. The number of nitrogens with one attached hydrogen (secondary N) is 1. The van der Waals surface area contributed by atoms with Crippen LogP contribution in [0.4, 0.5) is 11.4 Å². The zero-order chi connectivity index (χ0) is 17.7. The van der Waals surface area contributed by atoms with Crippen molar-refractivity contribution in [2.45, 2.75) is 50.9 Å². The second-order valence-corrected chi connectivity index (χ2v) is 8.71. The first-order valence-electron chi connectivity index (χ1n) is 10.0. The van der Waals surface area contributed by atoms with Crippen LogP contribution in [0.3, 0.4) is 0 Å². The topological polar surface area (TPSA) is 12.0 Å². The van der Waals surface area contributed by atoms with E-state index in [0.29, 0.717) is 5.41 Å². The lowest BCUT2D eigenvalue weighted by Crippen LogP contribution is -2.27. The molecule has 0 bridgehead atoms. The second kappa shape index (κ2) is 5.87. The molecule has 2 aliphatic carbocycles. The summed E-state index contributed by atoms with van der Waals surface area (Å²) in [6.45, 7) is 4.91. The van der Waals surface area contributed by atoms with Crippen LogP contribution in [0.1, 0.15) is 56.6 Å². The largest absolute Gasteiger partial charge is 0.356 e. The van der Waals surface area contributed by atoms with Gasteiger partial charge in [-0.15, -0.1) is 0 Å². The first kappa shape index (κ1) is 15.9. The van der Waals surface area contributed by atoms with Crippen LogP contribution in [0.5, 0.6) is 0 Å². The summed E-state index contributed by atoms with van der Waals surface area (Å²) < 4.78 is 0. The van der Waals surface area contributed by atoms with Gasteiger partial charge in [-0.05, 0) is 76.3 Å². The summed E-state index contributed by atoms with van der Waals surface area (Å²) >= 11 is 0. The molecule has 0 saturated heterocycles. The average Bonchev–Trinajstić information content (AvgIpc) is 2.89. The lowest BCUT2D eigenvalue weighted by molar-refractivity contribution is 0.233. The standard InChI is InChI=1S/C25H27N/c1-25(2)23-10-6-5-9-21(23)22-16-20(13-14-24(22)25)26-19-12-11-17-7-3-4-8-18(17)15-19/h3-4,7-8,11-16,21,23,26H,5-6,9-10H2,1-2H3. The van der Waals surface area contributed by atoms with Gasteiger partial charge in [-0.25, -0.2) is 0 Å². The zero-order valence-corrected chi connectivity index (χ0v) is 15.8. The Labute approximate surface area is 156 Å². The average molecular weight is 341 g/mol. The van der Waals surface area contributed by atoms with Crippen LogP contribution >= 0.6 is 0 Å². The second-order valence-electron chi connectivity index (χ2n) is 8.71. The number of anilines is 2. The molecule has 1 N–H and O–H groups in total. The van der Waals surface area contributed by atoms with Gasteiger partial charge in [0, 0.05) is 11.4 Å². The molecule has 1 fully saturated rings. The Morgan fingerprint density at radius 1 is 0.808 bits per heavy atom. The fourth-order valence-electron chi connectivity index (χ4n) is 5.53. The van der Waals surface area contributed by atoms with E-state index in [0.717, 1.165) is 11.8 Å². The minimum Gasteiger partial charge on any atom is -0.356 e. The summed E-state index contributed by atoms with van der Waals surface area (Å²) in [5, 5.41) is 6.22. The third-order valence-electron chi connectivity index (χ3n) is 6.88. The van der Waals surface area contributed by atoms with Crippen molar-refractivity contribution in [3.8, 4) is 0 Å². The maximum atomic E-state index is 3.65. The Hall–Kier alpha value is -2.28. The molecular formula is C25H27N. The van der Waals surface area contributed by atoms with Crippen LogP contribution < -0.4 is 5.32 Å². The molecule has 2 unspecified atom stereocenters. The quantitative estimate of drug-likeness (QED) is 0.522. The van der Waals surface area contributed by atoms with Gasteiger partial charge in [0.25, 0.3) is 0 Å². The Morgan fingerprint density at radius 2 is 1.54 bits per heavy atom. The van der Waals surface area contributed by atoms with Crippen molar-refractivity contribution in [3.05, 3.63) is 71.8 Å². The van der Waals surface area contributed by atoms with Crippen LogP contribution in [0.25, 0.3) is 10.8 Å². The van der Waals surface area contributed by atoms with Gasteiger partial charge in [-0.2, -0.15) is 0 Å². The Kier molecular flexibility index (Phi) is 3.60. The third kappa shape index (κ3) is 2.45. The SMILES string of the molecule is CC1(C)c2ccc(Nc3ccc4ccccc4c3)cc2C2CCCCC21. The molecule has 1 saturated carbocycles. The van der Waals surface area contributed by atoms with Crippen molar-refractivity contribution in [1.82, 2.24) is 0 Å². The molecule has 0 aromatic heterocycles. The third-order valence-corrected chi connectivity index (χ3v) is 6.88. The minimum absolute atomic E-state index is 0.321. The van der Waals surface area contributed by atoms with Crippen molar-refractivity contribution in [2.24, 2.45) is 5.92 Å². The Balaban J connectivity index is 1.49. The van der Waals surface area contributed by atoms with Crippen molar-refractivity contribution >= 4 is 22.1 Å². The van der Waals surface area contributed by atoms with E-state index < -0.39 is 0 Å². The highest BCUT2D eigenvalue weighted by molar-refractivity contribution is 5.86. The fourth-order valence-corrected chi connectivity index (χ4v) is 5.53. The summed E-state index contributed by atoms with van der Waals surface area (Å²) in [4.78, 5) is 0. The highest BCUT2D eigenvalue weighted by Crippen LogP contribution is 2.56. The number of fused-ring (bicyclic) bond motifs is 4. The van der Waals surface area contributed by atoms with Crippen molar-refractivity contribution in [2.75, 3.05) is 5.32 Å². The maximum absolute atomic E-state index is 3.65. The van der Waals surface area contributed by atoms with Crippen molar-refractivity contribution < 1.29 is 0 Å². The molecule has 1 heteroatoms. The summed E-state index contributed by atoms with van der Waals surface area (Å²) in [6, 6.07) is 22.3. The van der Waals surface area contributed by atoms with E-state index in [9.17, 15) is 0 Å². The summed E-state index contributed by atoms with van der Waals surface area (Å²) in [5.74, 6) is 1.58. The maximum Gasteiger partial charge on any atom is 0.0390 e. The van der Waals surface area contributed by atoms with Gasteiger partial charge in [-0.1, -0.05) is 63.1 Å². The van der Waals surface area contributed by atoms with E-state index in [2.05, 4.69) is 79.8 Å². The van der Waals surface area contributed by atoms with Gasteiger partial charge >= 0.3 is 0 Å². The van der Waals surface area contributed by atoms with Crippen molar-refractivity contribution in [1.29, 1.82) is 0 Å². The van der Waals surface area contributed by atoms with E-state index >= 15 is 0 Å². The van der Waals surface area contributed by atoms with Crippen molar-refractivity contribution in [3.63, 3.8) is 0 Å². The zero-order valence-electron chi connectivity index (χ0n) is 15.8. The monoisotopic (exact) mass is 341 g/mol. The number of hydrogen-bond acceptors (Lipinski definition) is 1. The summed E-state index contributed by atoms with van der Waals surface area (Å²) in [7, 11) is 0. The minimum atomic E-state index is 0.321. The van der Waals surface area contributed by atoms with Crippen LogP contribution in [0.15, 0.2) is 60.7 Å². The molecule has 2 atom stereocenters. The predicted octanol–water partition coefficient (Wildman–Crippen LogP) is 7.15. The first-order valence-corrected chi connectivity index (χ1v) is 10.0. The van der Waals surface area contributed by atoms with Gasteiger partial charge in [0.2, 0.25) is 0 Å². The number of benzene rings is 3. The molecule has 0 spiro atoms. The Morgan fingerprint density at radius 3 is 2.42 bits per heavy atom. The molecule has 0 aliphatic heterocycles. The van der Waals surface area contributed by atoms with E-state index in [1.165, 1.54) is 47.8 Å². The van der Waals surface area contributed by atoms with E-state index in [4.69, 9.17) is 0 Å². The molecular weight excluding hydrogens is 314 g/mol. The molecule has 3 aromatic rings. The highest BCUT2D eigenvalue weighted by atomic mass is 14.9. The number of hydrogen-bond donors (Lipinski definition) is 1. The molecule has 0 radical (unpaired) electrons. The van der Waals surface area contributed by atoms with E-state index in [-0.39, 0.29) is 0 Å². The number of rotatable bonds is 2. The fraction of sp³-hybridized carbons (Fsp3) is 0.360. The van der Waals surface area contributed by atoms with E-state index in [1.807, 2.05) is 0 Å². The molecule has 26 heavy (non-hydrogen) atoms. The molecule has 0 heterocycles. The van der Waals surface area contributed by atoms with Crippen LogP contribution in [0, 0.1) is 5.92 Å². The highest BCUT2D eigenvalue weighted by Gasteiger charge is 2.46. The van der Waals surface area contributed by atoms with Gasteiger partial charge < -0.3 is 5.32 Å². The molecule has 2 aliphatic rings. The lowest BCUT2D eigenvalue weighted by Gasteiger charge is -2.34. The van der Waals surface area contributed by atoms with Crippen LogP contribution in [0.2, 0.25) is 0 Å². The van der Waals surface area contributed by atoms with Crippen LogP contribution in [-0.2, 0) is 5.41 Å². The summed E-state index contributed by atoms with van der Waals surface area (Å²) in [6.07, 6.45) is 5.54. The van der Waals surface area contributed by atoms with Gasteiger partial charge in [0.05, 0.1) is 0 Å². The van der Waals surface area contributed by atoms with Gasteiger partial charge in [0.15, 0.2) is 0 Å². The lowest BCUT2D eigenvalue weighted by atomic mass is 9.70.